The van der Waals surface area contributed by atoms with Gasteiger partial charge in [0.1, 0.15) is 9.83 Å². The van der Waals surface area contributed by atoms with Crippen molar-refractivity contribution in [3.8, 4) is 11.8 Å². The van der Waals surface area contributed by atoms with Gasteiger partial charge in [-0.25, -0.2) is 4.79 Å². The fourth-order valence-electron chi connectivity index (χ4n) is 4.47. The molecule has 0 aromatic heterocycles. The molecule has 2 saturated heterocycles. The van der Waals surface area contributed by atoms with E-state index in [1.807, 2.05) is 24.3 Å². The highest BCUT2D eigenvalue weighted by atomic mass is 32.2. The number of ether oxygens (including phenoxy) is 2. The summed E-state index contributed by atoms with van der Waals surface area (Å²) >= 11 is 3.15. The Labute approximate surface area is 172 Å². The predicted octanol–water partition coefficient (Wildman–Crippen LogP) is 2.91. The molecule has 0 aliphatic carbocycles. The minimum atomic E-state index is -1.26. The van der Waals surface area contributed by atoms with Crippen LogP contribution in [-0.2, 0) is 14.3 Å². The molecular weight excluding hydrogens is 396 g/mol. The molecule has 4 rings (SSSR count). The van der Waals surface area contributed by atoms with Crippen molar-refractivity contribution in [2.45, 2.75) is 28.9 Å². The van der Waals surface area contributed by atoms with Gasteiger partial charge >= 0.3 is 5.97 Å². The summed E-state index contributed by atoms with van der Waals surface area (Å²) in [4.78, 5) is 28.0. The Morgan fingerprint density at radius 2 is 2.00 bits per heavy atom. The van der Waals surface area contributed by atoms with Crippen LogP contribution in [0.5, 0.6) is 5.75 Å². The minimum Gasteiger partial charge on any atom is -0.497 e. The van der Waals surface area contributed by atoms with Crippen LogP contribution in [0.3, 0.4) is 0 Å². The second-order valence-electron chi connectivity index (χ2n) is 6.75. The zero-order chi connectivity index (χ0) is 19.9. The Morgan fingerprint density at radius 1 is 1.32 bits per heavy atom. The van der Waals surface area contributed by atoms with Crippen LogP contribution in [0.4, 0.5) is 0 Å². The molecule has 146 valence electrons. The molecular formula is C20H20N2O4S2. The first kappa shape index (κ1) is 19.2. The van der Waals surface area contributed by atoms with Crippen molar-refractivity contribution in [2.75, 3.05) is 25.2 Å². The molecule has 2 fully saturated rings. The van der Waals surface area contributed by atoms with Crippen molar-refractivity contribution >= 4 is 35.4 Å². The van der Waals surface area contributed by atoms with Crippen molar-refractivity contribution in [3.05, 3.63) is 41.6 Å². The molecule has 3 aliphatic heterocycles. The first-order valence-corrected chi connectivity index (χ1v) is 11.1. The Bertz CT molecular complexity index is 886. The van der Waals surface area contributed by atoms with E-state index in [1.54, 1.807) is 43.8 Å². The monoisotopic (exact) mass is 416 g/mol. The molecule has 0 bridgehead atoms. The Hall–Kier alpha value is -2.11. The third-order valence-corrected chi connectivity index (χ3v) is 9.22. The normalized spacial score (nSPS) is 27.5. The summed E-state index contributed by atoms with van der Waals surface area (Å²) < 4.78 is 9.93. The van der Waals surface area contributed by atoms with Crippen molar-refractivity contribution in [2.24, 2.45) is 0 Å². The number of carbonyl (C=O) groups excluding carboxylic acids is 2. The average Bonchev–Trinajstić information content (AvgIpc) is 3.38. The first-order chi connectivity index (χ1) is 13.5. The molecule has 0 radical (unpaired) electrons. The topological polar surface area (TPSA) is 79.6 Å². The van der Waals surface area contributed by atoms with Crippen LogP contribution >= 0.6 is 23.5 Å². The number of carbonyl (C=O) groups is 2. The van der Waals surface area contributed by atoms with E-state index in [4.69, 9.17) is 9.47 Å². The van der Waals surface area contributed by atoms with E-state index in [0.29, 0.717) is 11.3 Å². The zero-order valence-electron chi connectivity index (χ0n) is 15.6. The summed E-state index contributed by atoms with van der Waals surface area (Å²) in [6, 6.07) is 9.70. The summed E-state index contributed by atoms with van der Waals surface area (Å²) in [5.74, 6) is 1.31. The number of nitrogens with zero attached hydrogens (tertiary/aromatic N) is 2. The third-order valence-electron chi connectivity index (χ3n) is 5.57. The molecule has 6 nitrogen and oxygen atoms in total. The van der Waals surface area contributed by atoms with Crippen molar-refractivity contribution in [3.63, 3.8) is 0 Å². The molecule has 8 heteroatoms. The Kier molecular flexibility index (Phi) is 4.84. The third kappa shape index (κ3) is 2.36. The summed E-state index contributed by atoms with van der Waals surface area (Å²) in [5.41, 5.74) is 0.0651. The largest absolute Gasteiger partial charge is 0.497 e. The number of amides is 1. The molecule has 3 aliphatic rings. The maximum atomic E-state index is 13.5. The molecule has 0 N–H and O–H groups in total. The van der Waals surface area contributed by atoms with Gasteiger partial charge in [0.2, 0.25) is 5.91 Å². The number of fused-ring (bicyclic) bond motifs is 2. The zero-order valence-corrected chi connectivity index (χ0v) is 17.3. The smallest absolute Gasteiger partial charge is 0.335 e. The SMILES string of the molecule is CCOC(=O)[C@]12[C@H](c3ccc(OC)cc3)CC(=O)N1C=C(C#N)C21SCCS1. The molecule has 0 saturated carbocycles. The van der Waals surface area contributed by atoms with Gasteiger partial charge in [-0.2, -0.15) is 5.26 Å². The summed E-state index contributed by atoms with van der Waals surface area (Å²) in [6.45, 7) is 1.97. The molecule has 1 spiro atoms. The van der Waals surface area contributed by atoms with Crippen molar-refractivity contribution in [1.29, 1.82) is 5.26 Å². The lowest BCUT2D eigenvalue weighted by Gasteiger charge is -2.44. The van der Waals surface area contributed by atoms with E-state index in [2.05, 4.69) is 6.07 Å². The molecule has 2 atom stereocenters. The molecule has 0 unspecified atom stereocenters. The Morgan fingerprint density at radius 3 is 2.57 bits per heavy atom. The van der Waals surface area contributed by atoms with E-state index in [9.17, 15) is 14.9 Å². The molecule has 1 aromatic carbocycles. The van der Waals surface area contributed by atoms with E-state index in [-0.39, 0.29) is 18.9 Å². The van der Waals surface area contributed by atoms with Gasteiger partial charge in [0.25, 0.3) is 0 Å². The van der Waals surface area contributed by atoms with E-state index in [1.165, 1.54) is 4.90 Å². The highest BCUT2D eigenvalue weighted by molar-refractivity contribution is 8.21. The fourth-order valence-corrected chi connectivity index (χ4v) is 8.14. The Balaban J connectivity index is 1.93. The average molecular weight is 417 g/mol. The number of esters is 1. The number of rotatable bonds is 4. The van der Waals surface area contributed by atoms with Crippen molar-refractivity contribution < 1.29 is 19.1 Å². The number of benzene rings is 1. The molecule has 3 heterocycles. The van der Waals surface area contributed by atoms with Gasteiger partial charge < -0.3 is 9.47 Å². The quantitative estimate of drug-likeness (QED) is 0.698. The van der Waals surface area contributed by atoms with Gasteiger partial charge in [0.05, 0.1) is 25.4 Å². The van der Waals surface area contributed by atoms with Crippen LogP contribution in [0.2, 0.25) is 0 Å². The highest BCUT2D eigenvalue weighted by Gasteiger charge is 2.75. The highest BCUT2D eigenvalue weighted by Crippen LogP contribution is 2.67. The van der Waals surface area contributed by atoms with E-state index >= 15 is 0 Å². The number of methoxy groups -OCH3 is 1. The minimum absolute atomic E-state index is 0.161. The van der Waals surface area contributed by atoms with Gasteiger partial charge in [-0.1, -0.05) is 12.1 Å². The maximum absolute atomic E-state index is 13.5. The predicted molar refractivity (Wildman–Crippen MR) is 108 cm³/mol. The maximum Gasteiger partial charge on any atom is 0.335 e. The van der Waals surface area contributed by atoms with Crippen LogP contribution in [-0.4, -0.2) is 51.6 Å². The second kappa shape index (κ2) is 7.05. The fraction of sp³-hybridized carbons (Fsp3) is 0.450. The number of hydrogen-bond donors (Lipinski definition) is 0. The van der Waals surface area contributed by atoms with Gasteiger partial charge in [-0.05, 0) is 24.6 Å². The first-order valence-electron chi connectivity index (χ1n) is 9.08. The molecule has 1 amide bonds. The molecule has 1 aromatic rings. The number of thioether (sulfide) groups is 2. The second-order valence-corrected chi connectivity index (χ2v) is 9.63. The van der Waals surface area contributed by atoms with E-state index in [0.717, 1.165) is 17.1 Å². The van der Waals surface area contributed by atoms with Crippen LogP contribution in [0.25, 0.3) is 0 Å². The molecule has 28 heavy (non-hydrogen) atoms. The lowest BCUT2D eigenvalue weighted by atomic mass is 9.76. The van der Waals surface area contributed by atoms with E-state index < -0.39 is 21.5 Å². The van der Waals surface area contributed by atoms with Gasteiger partial charge in [0.15, 0.2) is 5.54 Å². The lowest BCUT2D eigenvalue weighted by Crippen LogP contribution is -2.62. The number of hydrogen-bond acceptors (Lipinski definition) is 7. The van der Waals surface area contributed by atoms with Gasteiger partial charge in [0, 0.05) is 30.0 Å². The number of nitriles is 1. The van der Waals surface area contributed by atoms with Crippen LogP contribution in [0.1, 0.15) is 24.8 Å². The van der Waals surface area contributed by atoms with Crippen LogP contribution in [0, 0.1) is 11.3 Å². The van der Waals surface area contributed by atoms with Crippen LogP contribution < -0.4 is 4.74 Å². The summed E-state index contributed by atoms with van der Waals surface area (Å²) in [5, 5.41) is 9.83. The summed E-state index contributed by atoms with van der Waals surface area (Å²) in [6.07, 6.45) is 1.78. The van der Waals surface area contributed by atoms with Gasteiger partial charge in [-0.15, -0.1) is 23.5 Å². The van der Waals surface area contributed by atoms with Crippen molar-refractivity contribution in [1.82, 2.24) is 4.90 Å². The standard InChI is InChI=1S/C20H20N2O4S2/c1-3-26-18(24)19-16(13-4-6-15(25-2)7-5-13)10-17(23)22(19)12-14(11-21)20(19)27-8-9-28-20/h4-7,12,16H,3,8-10H2,1-2H3/t16-,19-/m0/s1. The lowest BCUT2D eigenvalue weighted by molar-refractivity contribution is -0.157. The summed E-state index contributed by atoms with van der Waals surface area (Å²) in [7, 11) is 1.59. The van der Waals surface area contributed by atoms with Gasteiger partial charge in [-0.3, -0.25) is 9.69 Å². The van der Waals surface area contributed by atoms with Crippen LogP contribution in [0.15, 0.2) is 36.0 Å².